The minimum Gasteiger partial charge on any atom is -0.390 e. The number of fused-ring (bicyclic) bond motifs is 1. The first-order valence-corrected chi connectivity index (χ1v) is 9.08. The van der Waals surface area contributed by atoms with Gasteiger partial charge in [-0.3, -0.25) is 0 Å². The molecule has 0 spiro atoms. The lowest BCUT2D eigenvalue weighted by atomic mass is 9.66. The van der Waals surface area contributed by atoms with Gasteiger partial charge in [-0.2, -0.15) is 0 Å². The number of rotatable bonds is 4. The van der Waals surface area contributed by atoms with Gasteiger partial charge in [-0.25, -0.2) is 14.5 Å². The standard InChI is InChI=1S/C16H23ClN6O.ClH/c1-2-16(5-3-6-16)14-21-13(17)11-8-19-15(22-23(11)14)20-10-4-7-18-9-12(10)24;/h8,10,12,18,24H,2-7,9H2,1H3,(H,20,22);1H/t10-,12-;/m1./s1. The topological polar surface area (TPSA) is 87.4 Å². The second-order valence-corrected chi connectivity index (χ2v) is 7.26. The fourth-order valence-electron chi connectivity index (χ4n) is 3.78. The van der Waals surface area contributed by atoms with E-state index in [1.165, 1.54) is 6.42 Å². The van der Waals surface area contributed by atoms with Crippen molar-refractivity contribution in [3.05, 3.63) is 17.2 Å². The summed E-state index contributed by atoms with van der Waals surface area (Å²) >= 11 is 6.31. The number of aliphatic hydroxyl groups excluding tert-OH is 1. The molecule has 1 aliphatic carbocycles. The minimum atomic E-state index is -0.447. The van der Waals surface area contributed by atoms with E-state index in [9.17, 15) is 5.11 Å². The molecule has 2 aromatic heterocycles. The Bertz CT molecular complexity index is 742. The summed E-state index contributed by atoms with van der Waals surface area (Å²) in [5.74, 6) is 1.45. The van der Waals surface area contributed by atoms with Crippen LogP contribution in [-0.2, 0) is 5.41 Å². The summed E-state index contributed by atoms with van der Waals surface area (Å²) in [4.78, 5) is 8.96. The van der Waals surface area contributed by atoms with Gasteiger partial charge in [0.1, 0.15) is 11.3 Å². The van der Waals surface area contributed by atoms with Crippen LogP contribution in [-0.4, -0.2) is 49.9 Å². The SMILES string of the molecule is CCC1(c2nc(Cl)c3cnc(N[C@@H]4CCNC[C@H]4O)nn23)CCC1.Cl. The number of piperidine rings is 1. The van der Waals surface area contributed by atoms with Crippen molar-refractivity contribution in [2.24, 2.45) is 0 Å². The molecular formula is C16H24Cl2N6O. The first kappa shape index (κ1) is 18.6. The number of aliphatic hydroxyl groups is 1. The maximum atomic E-state index is 10.1. The maximum Gasteiger partial charge on any atom is 0.241 e. The molecule has 2 aromatic rings. The number of nitrogens with zero attached hydrogens (tertiary/aromatic N) is 4. The van der Waals surface area contributed by atoms with Crippen LogP contribution in [0.15, 0.2) is 6.20 Å². The smallest absolute Gasteiger partial charge is 0.241 e. The number of hydrogen-bond donors (Lipinski definition) is 3. The van der Waals surface area contributed by atoms with Crippen LogP contribution in [0.2, 0.25) is 5.15 Å². The monoisotopic (exact) mass is 386 g/mol. The lowest BCUT2D eigenvalue weighted by Gasteiger charge is -2.39. The zero-order chi connectivity index (χ0) is 16.7. The zero-order valence-electron chi connectivity index (χ0n) is 14.2. The van der Waals surface area contributed by atoms with Gasteiger partial charge in [-0.1, -0.05) is 24.9 Å². The normalized spacial score (nSPS) is 25.2. The molecule has 0 amide bonds. The fourth-order valence-corrected chi connectivity index (χ4v) is 3.98. The molecule has 0 radical (unpaired) electrons. The second kappa shape index (κ2) is 7.23. The molecule has 7 nitrogen and oxygen atoms in total. The number of hydrogen-bond acceptors (Lipinski definition) is 6. The molecule has 0 bridgehead atoms. The van der Waals surface area contributed by atoms with Gasteiger partial charge >= 0.3 is 0 Å². The number of β-amino-alcohol motifs (C(OH)–C–C–N with tert-alkyl or cyclic N) is 1. The van der Waals surface area contributed by atoms with Gasteiger partial charge in [-0.15, -0.1) is 17.5 Å². The van der Waals surface area contributed by atoms with Crippen LogP contribution in [0.5, 0.6) is 0 Å². The summed E-state index contributed by atoms with van der Waals surface area (Å²) in [6.45, 7) is 3.65. The first-order valence-electron chi connectivity index (χ1n) is 8.70. The Hall–Kier alpha value is -1.15. The van der Waals surface area contributed by atoms with Gasteiger partial charge in [0.2, 0.25) is 5.95 Å². The van der Waals surface area contributed by atoms with Crippen molar-refractivity contribution in [3.63, 3.8) is 0 Å². The summed E-state index contributed by atoms with van der Waals surface area (Å²) < 4.78 is 1.84. The lowest BCUT2D eigenvalue weighted by molar-refractivity contribution is 0.128. The van der Waals surface area contributed by atoms with E-state index in [4.69, 9.17) is 11.6 Å². The second-order valence-electron chi connectivity index (χ2n) is 6.90. The average molecular weight is 387 g/mol. The van der Waals surface area contributed by atoms with E-state index in [0.717, 1.165) is 43.6 Å². The Morgan fingerprint density at radius 3 is 2.92 bits per heavy atom. The van der Waals surface area contributed by atoms with Gasteiger partial charge < -0.3 is 15.7 Å². The maximum absolute atomic E-state index is 10.1. The summed E-state index contributed by atoms with van der Waals surface area (Å²) in [5.41, 5.74) is 0.818. The van der Waals surface area contributed by atoms with Crippen molar-refractivity contribution in [1.29, 1.82) is 0 Å². The van der Waals surface area contributed by atoms with Gasteiger partial charge in [-0.05, 0) is 32.2 Å². The molecule has 138 valence electrons. The summed E-state index contributed by atoms with van der Waals surface area (Å²) in [7, 11) is 0. The van der Waals surface area contributed by atoms with Crippen LogP contribution in [0, 0.1) is 0 Å². The Balaban J connectivity index is 0.00000182. The Morgan fingerprint density at radius 2 is 2.28 bits per heavy atom. The molecule has 25 heavy (non-hydrogen) atoms. The van der Waals surface area contributed by atoms with Gasteiger partial charge in [0.25, 0.3) is 0 Å². The molecule has 1 saturated carbocycles. The van der Waals surface area contributed by atoms with Crippen molar-refractivity contribution >= 4 is 35.5 Å². The summed E-state index contributed by atoms with van der Waals surface area (Å²) in [6.07, 6.45) is 6.60. The molecule has 3 heterocycles. The minimum absolute atomic E-state index is 0. The van der Waals surface area contributed by atoms with Gasteiger partial charge in [0, 0.05) is 12.0 Å². The van der Waals surface area contributed by atoms with E-state index in [1.807, 2.05) is 4.52 Å². The third kappa shape index (κ3) is 3.18. The number of halogens is 2. The van der Waals surface area contributed by atoms with Crippen LogP contribution in [0.3, 0.4) is 0 Å². The molecule has 1 aliphatic heterocycles. The highest BCUT2D eigenvalue weighted by atomic mass is 35.5. The molecule has 2 atom stereocenters. The number of nitrogens with one attached hydrogen (secondary N) is 2. The quantitative estimate of drug-likeness (QED) is 0.746. The van der Waals surface area contributed by atoms with Crippen LogP contribution >= 0.6 is 24.0 Å². The van der Waals surface area contributed by atoms with E-state index in [-0.39, 0.29) is 23.9 Å². The molecule has 0 aromatic carbocycles. The predicted octanol–water partition coefficient (Wildman–Crippen LogP) is 2.17. The predicted molar refractivity (Wildman–Crippen MR) is 99.8 cm³/mol. The van der Waals surface area contributed by atoms with Crippen molar-refractivity contribution in [1.82, 2.24) is 24.9 Å². The zero-order valence-corrected chi connectivity index (χ0v) is 15.8. The van der Waals surface area contributed by atoms with Crippen LogP contribution < -0.4 is 10.6 Å². The highest BCUT2D eigenvalue weighted by Gasteiger charge is 2.41. The molecule has 3 N–H and O–H groups in total. The Kier molecular flexibility index (Phi) is 5.39. The van der Waals surface area contributed by atoms with Crippen molar-refractivity contribution in [2.75, 3.05) is 18.4 Å². The number of anilines is 1. The number of aromatic nitrogens is 4. The average Bonchev–Trinajstić information content (AvgIpc) is 2.86. The molecule has 1 saturated heterocycles. The third-order valence-corrected chi connectivity index (χ3v) is 5.85. The third-order valence-electron chi connectivity index (χ3n) is 5.57. The van der Waals surface area contributed by atoms with Gasteiger partial charge in [0.05, 0.1) is 18.3 Å². The summed E-state index contributed by atoms with van der Waals surface area (Å²) in [6, 6.07) is -0.0463. The van der Waals surface area contributed by atoms with E-state index in [1.54, 1.807) is 6.20 Å². The van der Waals surface area contributed by atoms with Crippen molar-refractivity contribution in [2.45, 2.75) is 56.6 Å². The lowest BCUT2D eigenvalue weighted by Crippen LogP contribution is -2.48. The fraction of sp³-hybridized carbons (Fsp3) is 0.688. The Labute approximate surface area is 158 Å². The molecule has 2 fully saturated rings. The molecular weight excluding hydrogens is 363 g/mol. The molecule has 2 aliphatic rings. The highest BCUT2D eigenvalue weighted by molar-refractivity contribution is 6.32. The Morgan fingerprint density at radius 1 is 1.48 bits per heavy atom. The van der Waals surface area contributed by atoms with E-state index in [2.05, 4.69) is 32.6 Å². The van der Waals surface area contributed by atoms with Gasteiger partial charge in [0.15, 0.2) is 5.15 Å². The molecule has 0 unspecified atom stereocenters. The van der Waals surface area contributed by atoms with Crippen LogP contribution in [0.1, 0.15) is 44.9 Å². The van der Waals surface area contributed by atoms with E-state index < -0.39 is 6.10 Å². The van der Waals surface area contributed by atoms with E-state index in [0.29, 0.717) is 17.6 Å². The highest BCUT2D eigenvalue weighted by Crippen LogP contribution is 2.46. The van der Waals surface area contributed by atoms with Crippen LogP contribution in [0.4, 0.5) is 5.95 Å². The largest absolute Gasteiger partial charge is 0.390 e. The molecule has 4 rings (SSSR count). The first-order chi connectivity index (χ1) is 11.6. The summed E-state index contributed by atoms with van der Waals surface area (Å²) in [5, 5.41) is 21.6. The molecule has 9 heteroatoms. The van der Waals surface area contributed by atoms with E-state index >= 15 is 0 Å². The van der Waals surface area contributed by atoms with Crippen molar-refractivity contribution < 1.29 is 5.11 Å². The van der Waals surface area contributed by atoms with Crippen molar-refractivity contribution in [3.8, 4) is 0 Å². The van der Waals surface area contributed by atoms with Crippen LogP contribution in [0.25, 0.3) is 5.52 Å². The number of imidazole rings is 1.